The Hall–Kier alpha value is -2.12. The van der Waals surface area contributed by atoms with Gasteiger partial charge in [-0.3, -0.25) is 9.79 Å². The minimum Gasteiger partial charge on any atom is -0.369 e. The van der Waals surface area contributed by atoms with Crippen molar-refractivity contribution in [1.29, 1.82) is 0 Å². The Bertz CT molecular complexity index is 936. The van der Waals surface area contributed by atoms with Crippen molar-refractivity contribution in [3.05, 3.63) is 29.6 Å². The van der Waals surface area contributed by atoms with Crippen LogP contribution in [0.4, 0.5) is 5.82 Å². The van der Waals surface area contributed by atoms with Gasteiger partial charge in [-0.05, 0) is 45.2 Å². The minimum atomic E-state index is -0.239. The smallest absolute Gasteiger partial charge is 0.289 e. The molecule has 0 unspecified atom stereocenters. The molecule has 1 aromatic carbocycles. The van der Waals surface area contributed by atoms with Crippen LogP contribution < -0.4 is 16.0 Å². The van der Waals surface area contributed by atoms with Crippen LogP contribution in [0.1, 0.15) is 61.6 Å². The van der Waals surface area contributed by atoms with Crippen LogP contribution in [0.2, 0.25) is 0 Å². The summed E-state index contributed by atoms with van der Waals surface area (Å²) in [5.74, 6) is 1.85. The highest BCUT2D eigenvalue weighted by molar-refractivity contribution is 5.96. The van der Waals surface area contributed by atoms with Gasteiger partial charge in [-0.15, -0.1) is 24.8 Å². The lowest BCUT2D eigenvalue weighted by atomic mass is 9.90. The van der Waals surface area contributed by atoms with Gasteiger partial charge in [0.05, 0.1) is 11.4 Å². The van der Waals surface area contributed by atoms with E-state index in [1.807, 2.05) is 19.1 Å². The Morgan fingerprint density at radius 2 is 1.81 bits per heavy atom. The molecule has 7 nitrogen and oxygen atoms in total. The molecule has 0 bridgehead atoms. The van der Waals surface area contributed by atoms with Gasteiger partial charge in [0.2, 0.25) is 5.82 Å². The summed E-state index contributed by atoms with van der Waals surface area (Å²) in [5.41, 5.74) is 1.93. The first-order valence-electron chi connectivity index (χ1n) is 10.8. The number of amidine groups is 1. The van der Waals surface area contributed by atoms with Crippen molar-refractivity contribution in [3.63, 3.8) is 0 Å². The number of hydrogen-bond donors (Lipinski definition) is 3. The van der Waals surface area contributed by atoms with Crippen LogP contribution in [0.15, 0.2) is 23.2 Å². The molecule has 2 aliphatic rings. The van der Waals surface area contributed by atoms with Gasteiger partial charge < -0.3 is 16.0 Å². The Morgan fingerprint density at radius 1 is 1.06 bits per heavy atom. The van der Waals surface area contributed by atoms with Crippen molar-refractivity contribution in [2.45, 2.75) is 64.5 Å². The second-order valence-corrected chi connectivity index (χ2v) is 7.99. The van der Waals surface area contributed by atoms with Gasteiger partial charge in [-0.25, -0.2) is 9.97 Å². The highest BCUT2D eigenvalue weighted by atomic mass is 35.5. The minimum absolute atomic E-state index is 0. The SMILES string of the molecule is CCNC(=O)c1nc(N[C@H]2CCCC[C@H]2NC2=NCCC2)c2cc(C)ccc2n1.Cl.Cl. The van der Waals surface area contributed by atoms with Crippen molar-refractivity contribution in [3.8, 4) is 0 Å². The van der Waals surface area contributed by atoms with Gasteiger partial charge in [0.1, 0.15) is 5.82 Å². The van der Waals surface area contributed by atoms with Gasteiger partial charge in [0.25, 0.3) is 5.91 Å². The molecule has 0 saturated heterocycles. The van der Waals surface area contributed by atoms with Gasteiger partial charge in [-0.2, -0.15) is 0 Å². The third-order valence-corrected chi connectivity index (χ3v) is 5.71. The number of carbonyl (C=O) groups excluding carboxylic acids is 1. The normalized spacial score (nSPS) is 20.3. The van der Waals surface area contributed by atoms with Crippen molar-refractivity contribution in [2.24, 2.45) is 4.99 Å². The fourth-order valence-electron chi connectivity index (χ4n) is 4.22. The van der Waals surface area contributed by atoms with Crippen LogP contribution in [-0.2, 0) is 0 Å². The lowest BCUT2D eigenvalue weighted by Crippen LogP contribution is -2.48. The van der Waals surface area contributed by atoms with Crippen LogP contribution in [0.25, 0.3) is 10.9 Å². The average molecular weight is 467 g/mol. The second-order valence-electron chi connectivity index (χ2n) is 7.99. The first-order valence-corrected chi connectivity index (χ1v) is 10.8. The first kappa shape index (κ1) is 25.1. The zero-order valence-corrected chi connectivity index (χ0v) is 19.7. The summed E-state index contributed by atoms with van der Waals surface area (Å²) in [7, 11) is 0. The summed E-state index contributed by atoms with van der Waals surface area (Å²) in [6.07, 6.45) is 6.77. The number of rotatable bonds is 5. The van der Waals surface area contributed by atoms with Gasteiger partial charge >= 0.3 is 0 Å². The van der Waals surface area contributed by atoms with E-state index in [2.05, 4.69) is 43.9 Å². The zero-order valence-electron chi connectivity index (χ0n) is 18.1. The molecule has 1 saturated carbocycles. The van der Waals surface area contributed by atoms with E-state index in [0.29, 0.717) is 12.6 Å². The number of fused-ring (bicyclic) bond motifs is 1. The van der Waals surface area contributed by atoms with Crippen molar-refractivity contribution < 1.29 is 4.79 Å². The van der Waals surface area contributed by atoms with E-state index in [0.717, 1.165) is 60.3 Å². The summed E-state index contributed by atoms with van der Waals surface area (Å²) >= 11 is 0. The van der Waals surface area contributed by atoms with Crippen molar-refractivity contribution >= 4 is 53.3 Å². The van der Waals surface area contributed by atoms with Gasteiger partial charge in [0, 0.05) is 37.0 Å². The fraction of sp³-hybridized carbons (Fsp3) is 0.545. The average Bonchev–Trinajstić information content (AvgIpc) is 3.23. The number of amides is 1. The fourth-order valence-corrected chi connectivity index (χ4v) is 4.22. The first-order chi connectivity index (χ1) is 14.1. The number of benzene rings is 1. The molecular weight excluding hydrogens is 435 g/mol. The lowest BCUT2D eigenvalue weighted by Gasteiger charge is -2.34. The molecule has 31 heavy (non-hydrogen) atoms. The molecule has 0 spiro atoms. The van der Waals surface area contributed by atoms with E-state index in [4.69, 9.17) is 0 Å². The largest absolute Gasteiger partial charge is 0.369 e. The zero-order chi connectivity index (χ0) is 20.2. The summed E-state index contributed by atoms with van der Waals surface area (Å²) in [6.45, 7) is 5.43. The van der Waals surface area contributed by atoms with E-state index >= 15 is 0 Å². The molecule has 170 valence electrons. The number of anilines is 1. The molecule has 2 atom stereocenters. The Kier molecular flexibility index (Phi) is 9.32. The second kappa shape index (κ2) is 11.5. The molecule has 0 radical (unpaired) electrons. The highest BCUT2D eigenvalue weighted by Gasteiger charge is 2.27. The summed E-state index contributed by atoms with van der Waals surface area (Å²) in [6, 6.07) is 6.63. The molecule has 9 heteroatoms. The number of nitrogens with zero attached hydrogens (tertiary/aromatic N) is 3. The van der Waals surface area contributed by atoms with Crippen LogP contribution >= 0.6 is 24.8 Å². The Morgan fingerprint density at radius 3 is 2.48 bits per heavy atom. The number of aliphatic imine (C=N–C) groups is 1. The topological polar surface area (TPSA) is 91.3 Å². The maximum atomic E-state index is 12.4. The van der Waals surface area contributed by atoms with E-state index in [-0.39, 0.29) is 42.6 Å². The van der Waals surface area contributed by atoms with Gasteiger partial charge in [-0.1, -0.05) is 24.5 Å². The van der Waals surface area contributed by atoms with Gasteiger partial charge in [0.15, 0.2) is 0 Å². The number of hydrogen-bond acceptors (Lipinski definition) is 6. The Balaban J connectivity index is 0.00000171. The summed E-state index contributed by atoms with van der Waals surface area (Å²) in [5, 5.41) is 11.1. The molecule has 1 aliphatic heterocycles. The van der Waals surface area contributed by atoms with E-state index in [1.165, 1.54) is 12.8 Å². The maximum Gasteiger partial charge on any atom is 0.289 e. The predicted molar refractivity (Wildman–Crippen MR) is 131 cm³/mol. The molecule has 1 aliphatic carbocycles. The molecule has 2 heterocycles. The van der Waals surface area contributed by atoms with E-state index in [1.54, 1.807) is 0 Å². The monoisotopic (exact) mass is 466 g/mol. The predicted octanol–water partition coefficient (Wildman–Crippen LogP) is 4.04. The summed E-state index contributed by atoms with van der Waals surface area (Å²) < 4.78 is 0. The molecule has 1 fully saturated rings. The van der Waals surface area contributed by atoms with Crippen LogP contribution in [0, 0.1) is 6.92 Å². The maximum absolute atomic E-state index is 12.4. The molecule has 3 N–H and O–H groups in total. The van der Waals surface area contributed by atoms with E-state index < -0.39 is 0 Å². The molecular formula is C22H32Cl2N6O. The summed E-state index contributed by atoms with van der Waals surface area (Å²) in [4.78, 5) is 26.1. The van der Waals surface area contributed by atoms with Crippen LogP contribution in [-0.4, -0.2) is 46.9 Å². The third-order valence-electron chi connectivity index (χ3n) is 5.71. The highest BCUT2D eigenvalue weighted by Crippen LogP contribution is 2.27. The number of aromatic nitrogens is 2. The number of aryl methyl sites for hydroxylation is 1. The third kappa shape index (κ3) is 5.98. The molecule has 1 aromatic heterocycles. The molecule has 1 amide bonds. The van der Waals surface area contributed by atoms with Crippen molar-refractivity contribution in [1.82, 2.24) is 20.6 Å². The number of halogens is 2. The van der Waals surface area contributed by atoms with Crippen LogP contribution in [0.3, 0.4) is 0 Å². The van der Waals surface area contributed by atoms with Crippen molar-refractivity contribution in [2.75, 3.05) is 18.4 Å². The molecule has 2 aromatic rings. The number of carbonyl (C=O) groups is 1. The quantitative estimate of drug-likeness (QED) is 0.618. The number of nitrogens with one attached hydrogen (secondary N) is 3. The van der Waals surface area contributed by atoms with E-state index in [9.17, 15) is 4.79 Å². The standard InChI is InChI=1S/C22H30N6O.2ClH/c1-3-23-22(29)21-26-16-11-10-14(2)13-15(16)20(28-21)27-18-8-5-4-7-17(18)25-19-9-6-12-24-19;;/h10-11,13,17-18H,3-9,12H2,1-2H3,(H,23,29)(H,24,25)(H,26,27,28);2*1H/t17-,18+;;/m1../s1. The molecule has 4 rings (SSSR count). The Labute approximate surface area is 196 Å². The van der Waals surface area contributed by atoms with Crippen LogP contribution in [0.5, 0.6) is 0 Å². The lowest BCUT2D eigenvalue weighted by molar-refractivity contribution is 0.0946.